The van der Waals surface area contributed by atoms with E-state index in [1.54, 1.807) is 6.26 Å². The highest BCUT2D eigenvalue weighted by atomic mass is 32.2. The van der Waals surface area contributed by atoms with E-state index >= 15 is 0 Å². The average molecular weight is 452 g/mol. The molecule has 0 aliphatic heterocycles. The summed E-state index contributed by atoms with van der Waals surface area (Å²) >= 11 is 1.38. The molecule has 14 heteroatoms. The lowest BCUT2D eigenvalue weighted by Gasteiger charge is -2.24. The third-order valence-corrected chi connectivity index (χ3v) is 4.53. The predicted molar refractivity (Wildman–Crippen MR) is 107 cm³/mol. The largest absolute Gasteiger partial charge is 0.480 e. The summed E-state index contributed by atoms with van der Waals surface area (Å²) in [5.41, 5.74) is 10.4. The number of thioether (sulfide) groups is 1. The van der Waals surface area contributed by atoms with Gasteiger partial charge in [-0.25, -0.2) is 4.79 Å². The molecule has 0 aromatic carbocycles. The molecule has 13 nitrogen and oxygen atoms in total. The highest BCUT2D eigenvalue weighted by Crippen LogP contribution is 2.03. The van der Waals surface area contributed by atoms with Crippen molar-refractivity contribution in [2.24, 2.45) is 11.5 Å². The van der Waals surface area contributed by atoms with Crippen molar-refractivity contribution in [3.63, 3.8) is 0 Å². The van der Waals surface area contributed by atoms with Crippen LogP contribution in [0.2, 0.25) is 0 Å². The van der Waals surface area contributed by atoms with Crippen molar-refractivity contribution in [3.8, 4) is 0 Å². The van der Waals surface area contributed by atoms with Gasteiger partial charge in [0.2, 0.25) is 23.6 Å². The number of carbonyl (C=O) groups excluding carboxylic acids is 4. The molecule has 0 aromatic rings. The van der Waals surface area contributed by atoms with Gasteiger partial charge < -0.3 is 42.7 Å². The van der Waals surface area contributed by atoms with Crippen LogP contribution in [-0.2, 0) is 24.0 Å². The monoisotopic (exact) mass is 451 g/mol. The van der Waals surface area contributed by atoms with Crippen molar-refractivity contribution in [2.75, 3.05) is 25.2 Å². The quantitative estimate of drug-likeness (QED) is 0.120. The van der Waals surface area contributed by atoms with E-state index in [-0.39, 0.29) is 19.3 Å². The lowest BCUT2D eigenvalue weighted by molar-refractivity contribution is -0.142. The number of rotatable bonds is 15. The molecule has 0 bridgehead atoms. The van der Waals surface area contributed by atoms with E-state index in [1.807, 2.05) is 0 Å². The minimum atomic E-state index is -1.51. The first kappa shape index (κ1) is 27.6. The number of nitrogens with two attached hydrogens (primary N) is 2. The number of carboxylic acid groups (broad SMARTS) is 1. The van der Waals surface area contributed by atoms with Crippen LogP contribution >= 0.6 is 11.8 Å². The van der Waals surface area contributed by atoms with Crippen molar-refractivity contribution in [3.05, 3.63) is 0 Å². The Morgan fingerprint density at radius 3 is 1.87 bits per heavy atom. The van der Waals surface area contributed by atoms with Gasteiger partial charge in [-0.15, -0.1) is 0 Å². The molecule has 0 rings (SSSR count). The molecule has 172 valence electrons. The fourth-order valence-corrected chi connectivity index (χ4v) is 2.62. The van der Waals surface area contributed by atoms with Crippen LogP contribution in [0.5, 0.6) is 0 Å². The Morgan fingerprint density at radius 1 is 0.867 bits per heavy atom. The van der Waals surface area contributed by atoms with Gasteiger partial charge in [-0.1, -0.05) is 0 Å². The van der Waals surface area contributed by atoms with Gasteiger partial charge in [-0.2, -0.15) is 11.8 Å². The fourth-order valence-electron chi connectivity index (χ4n) is 2.15. The Kier molecular flexibility index (Phi) is 13.4. The van der Waals surface area contributed by atoms with Crippen molar-refractivity contribution in [2.45, 2.75) is 43.4 Å². The Morgan fingerprint density at radius 2 is 1.40 bits per heavy atom. The second-order valence-corrected chi connectivity index (χ2v) is 7.27. The molecule has 0 fully saturated rings. The summed E-state index contributed by atoms with van der Waals surface area (Å²) in [6, 6.07) is -5.38. The molecular weight excluding hydrogens is 422 g/mol. The van der Waals surface area contributed by atoms with Crippen LogP contribution < -0.4 is 27.4 Å². The summed E-state index contributed by atoms with van der Waals surface area (Å²) in [6.07, 6.45) is 1.39. The maximum Gasteiger partial charge on any atom is 0.326 e. The summed E-state index contributed by atoms with van der Waals surface area (Å²) in [4.78, 5) is 58.9. The maximum atomic E-state index is 12.5. The van der Waals surface area contributed by atoms with Crippen molar-refractivity contribution < 1.29 is 39.3 Å². The molecular formula is C16H29N5O8S. The van der Waals surface area contributed by atoms with E-state index in [4.69, 9.17) is 16.6 Å². The predicted octanol–water partition coefficient (Wildman–Crippen LogP) is -4.14. The lowest BCUT2D eigenvalue weighted by Crippen LogP contribution is -2.58. The summed E-state index contributed by atoms with van der Waals surface area (Å²) in [7, 11) is 0. The number of hydrogen-bond donors (Lipinski definition) is 8. The van der Waals surface area contributed by atoms with Crippen molar-refractivity contribution in [1.82, 2.24) is 16.0 Å². The Bertz CT molecular complexity index is 620. The second-order valence-electron chi connectivity index (χ2n) is 6.28. The zero-order valence-electron chi connectivity index (χ0n) is 16.5. The number of aliphatic hydroxyl groups excluding tert-OH is 2. The van der Waals surface area contributed by atoms with E-state index in [0.29, 0.717) is 5.75 Å². The maximum absolute atomic E-state index is 12.5. The number of carboxylic acids is 1. The van der Waals surface area contributed by atoms with Crippen LogP contribution in [0.25, 0.3) is 0 Å². The van der Waals surface area contributed by atoms with E-state index in [1.165, 1.54) is 11.8 Å². The minimum Gasteiger partial charge on any atom is -0.480 e. The number of aliphatic hydroxyl groups is 2. The number of hydrogen-bond acceptors (Lipinski definition) is 9. The third-order valence-electron chi connectivity index (χ3n) is 3.89. The van der Waals surface area contributed by atoms with Crippen LogP contribution in [0.1, 0.15) is 19.3 Å². The van der Waals surface area contributed by atoms with E-state index in [9.17, 15) is 34.2 Å². The number of amides is 4. The van der Waals surface area contributed by atoms with Gasteiger partial charge in [0.15, 0.2) is 0 Å². The van der Waals surface area contributed by atoms with Gasteiger partial charge in [-0.3, -0.25) is 19.2 Å². The summed E-state index contributed by atoms with van der Waals surface area (Å²) in [6.45, 7) is -1.54. The summed E-state index contributed by atoms with van der Waals surface area (Å²) in [5, 5.41) is 34.2. The first-order valence-electron chi connectivity index (χ1n) is 8.95. The van der Waals surface area contributed by atoms with E-state index in [2.05, 4.69) is 16.0 Å². The third kappa shape index (κ3) is 10.4. The van der Waals surface area contributed by atoms with Gasteiger partial charge in [-0.05, 0) is 24.9 Å². The molecule has 0 radical (unpaired) electrons. The molecule has 0 heterocycles. The van der Waals surface area contributed by atoms with Crippen molar-refractivity contribution >= 4 is 41.4 Å². The number of aliphatic carboxylic acids is 1. The molecule has 0 saturated heterocycles. The normalized spacial score (nSPS) is 14.7. The fraction of sp³-hybridized carbons (Fsp3) is 0.688. The van der Waals surface area contributed by atoms with E-state index in [0.717, 1.165) is 0 Å². The Labute approximate surface area is 177 Å². The lowest BCUT2D eigenvalue weighted by atomic mass is 10.1. The number of carbonyl (C=O) groups is 5. The molecule has 0 spiro atoms. The number of primary amides is 1. The van der Waals surface area contributed by atoms with Crippen LogP contribution in [0.3, 0.4) is 0 Å². The number of nitrogens with one attached hydrogen (secondary N) is 3. The molecule has 0 aromatic heterocycles. The minimum absolute atomic E-state index is 0.130. The molecule has 0 aliphatic carbocycles. The van der Waals surface area contributed by atoms with Crippen LogP contribution in [0.4, 0.5) is 0 Å². The van der Waals surface area contributed by atoms with Gasteiger partial charge >= 0.3 is 5.97 Å². The smallest absolute Gasteiger partial charge is 0.326 e. The summed E-state index contributed by atoms with van der Waals surface area (Å²) < 4.78 is 0. The van der Waals surface area contributed by atoms with Crippen molar-refractivity contribution in [1.29, 1.82) is 0 Å². The zero-order chi connectivity index (χ0) is 23.3. The SMILES string of the molecule is CSCCC(NC(=O)C(CO)NC(=O)C(CCC(N)=O)NC(=O)C(N)CO)C(=O)O. The molecule has 30 heavy (non-hydrogen) atoms. The van der Waals surface area contributed by atoms with Gasteiger partial charge in [0, 0.05) is 6.42 Å². The highest BCUT2D eigenvalue weighted by molar-refractivity contribution is 7.98. The standard InChI is InChI=1S/C16H29N5O8S/c1-30-5-4-10(16(28)29)20-15(27)11(7-23)21-14(26)9(2-3-12(18)24)19-13(25)8(17)6-22/h8-11,22-23H,2-7,17H2,1H3,(H2,18,24)(H,19,25)(H,20,27)(H,21,26)(H,28,29). The zero-order valence-corrected chi connectivity index (χ0v) is 17.3. The van der Waals surface area contributed by atoms with Gasteiger partial charge in [0.05, 0.1) is 13.2 Å². The molecule has 0 aliphatic rings. The first-order valence-corrected chi connectivity index (χ1v) is 10.3. The molecule has 4 unspecified atom stereocenters. The van der Waals surface area contributed by atoms with Gasteiger partial charge in [0.25, 0.3) is 0 Å². The first-order chi connectivity index (χ1) is 14.1. The Hall–Kier alpha value is -2.42. The Balaban J connectivity index is 5.19. The second kappa shape index (κ2) is 14.5. The molecule has 0 saturated carbocycles. The van der Waals surface area contributed by atoms with Crippen LogP contribution in [0, 0.1) is 0 Å². The van der Waals surface area contributed by atoms with E-state index < -0.39 is 67.0 Å². The summed E-state index contributed by atoms with van der Waals surface area (Å²) in [5.74, 6) is -4.31. The topological polar surface area (TPSA) is 234 Å². The molecule has 10 N–H and O–H groups in total. The van der Waals surface area contributed by atoms with Gasteiger partial charge in [0.1, 0.15) is 24.2 Å². The van der Waals surface area contributed by atoms with Crippen LogP contribution in [0.15, 0.2) is 0 Å². The molecule has 4 amide bonds. The van der Waals surface area contributed by atoms with Crippen LogP contribution in [-0.4, -0.2) is 94.3 Å². The molecule has 4 atom stereocenters. The average Bonchev–Trinajstić information content (AvgIpc) is 2.70. The highest BCUT2D eigenvalue weighted by Gasteiger charge is 2.30.